The van der Waals surface area contributed by atoms with E-state index in [0.29, 0.717) is 0 Å². The topological polar surface area (TPSA) is 86.7 Å². The molecule has 0 aliphatic heterocycles. The SMILES string of the molecule is CN(CCCNS(=O)(=O)CCC(F)(F)C(F)(F)C(F)(F)C(F)(F)C(F)(F)C(F)(F)F)CC(=O)O. The van der Waals surface area contributed by atoms with Gasteiger partial charge in [-0.1, -0.05) is 0 Å². The molecule has 204 valence electrons. The van der Waals surface area contributed by atoms with E-state index in [2.05, 4.69) is 0 Å². The highest BCUT2D eigenvalue weighted by atomic mass is 32.2. The van der Waals surface area contributed by atoms with Crippen LogP contribution in [0.2, 0.25) is 0 Å². The number of likely N-dealkylation sites (N-methyl/N-ethyl adjacent to an activating group) is 1. The maximum atomic E-state index is 13.6. The van der Waals surface area contributed by atoms with Gasteiger partial charge >= 0.3 is 41.8 Å². The molecule has 6 nitrogen and oxygen atoms in total. The predicted octanol–water partition coefficient (Wildman–Crippen LogP) is 3.44. The van der Waals surface area contributed by atoms with Gasteiger partial charge in [0.15, 0.2) is 0 Å². The highest BCUT2D eigenvalue weighted by molar-refractivity contribution is 7.89. The van der Waals surface area contributed by atoms with Crippen molar-refractivity contribution < 1.29 is 75.4 Å². The maximum absolute atomic E-state index is 13.6. The van der Waals surface area contributed by atoms with Crippen molar-refractivity contribution >= 4 is 16.0 Å². The minimum Gasteiger partial charge on any atom is -0.480 e. The first-order chi connectivity index (χ1) is 14.8. The fourth-order valence-corrected chi connectivity index (χ4v) is 3.31. The second kappa shape index (κ2) is 10.2. The van der Waals surface area contributed by atoms with Crippen molar-refractivity contribution in [2.75, 3.05) is 32.4 Å². The second-order valence-electron chi connectivity index (χ2n) is 6.95. The Labute approximate surface area is 183 Å². The Morgan fingerprint density at radius 3 is 1.68 bits per heavy atom. The normalized spacial score (nSPS) is 15.1. The average Bonchev–Trinajstić information content (AvgIpc) is 2.61. The van der Waals surface area contributed by atoms with E-state index in [-0.39, 0.29) is 13.0 Å². The van der Waals surface area contributed by atoms with Gasteiger partial charge in [0.25, 0.3) is 0 Å². The highest BCUT2D eigenvalue weighted by Crippen LogP contribution is 2.60. The summed E-state index contributed by atoms with van der Waals surface area (Å²) < 4.78 is 193. The Hall–Kier alpha value is -1.57. The van der Waals surface area contributed by atoms with Crippen LogP contribution in [0.1, 0.15) is 12.8 Å². The molecule has 0 aromatic carbocycles. The molecule has 0 fully saturated rings. The van der Waals surface area contributed by atoms with Crippen LogP contribution in [0.5, 0.6) is 0 Å². The maximum Gasteiger partial charge on any atom is 0.460 e. The zero-order valence-electron chi connectivity index (χ0n) is 16.7. The van der Waals surface area contributed by atoms with Gasteiger partial charge in [0.1, 0.15) is 0 Å². The van der Waals surface area contributed by atoms with Crippen molar-refractivity contribution in [2.45, 2.75) is 48.6 Å². The molecule has 0 aromatic rings. The van der Waals surface area contributed by atoms with Crippen LogP contribution in [-0.2, 0) is 14.8 Å². The molecule has 0 aliphatic rings. The largest absolute Gasteiger partial charge is 0.480 e. The van der Waals surface area contributed by atoms with Crippen LogP contribution in [0.15, 0.2) is 0 Å². The Bertz CT molecular complexity index is 815. The smallest absolute Gasteiger partial charge is 0.460 e. The molecule has 0 bridgehead atoms. The van der Waals surface area contributed by atoms with E-state index in [0.717, 1.165) is 4.90 Å². The second-order valence-corrected chi connectivity index (χ2v) is 8.87. The predicted molar refractivity (Wildman–Crippen MR) is 86.9 cm³/mol. The molecule has 0 aromatic heterocycles. The van der Waals surface area contributed by atoms with Crippen molar-refractivity contribution in [1.82, 2.24) is 9.62 Å². The van der Waals surface area contributed by atoms with Crippen LogP contribution in [0.3, 0.4) is 0 Å². The quantitative estimate of drug-likeness (QED) is 0.253. The summed E-state index contributed by atoms with van der Waals surface area (Å²) in [6, 6.07) is 0. The molecule has 0 spiro atoms. The van der Waals surface area contributed by atoms with Crippen molar-refractivity contribution in [1.29, 1.82) is 0 Å². The molecule has 0 rings (SSSR count). The van der Waals surface area contributed by atoms with Crippen molar-refractivity contribution in [2.24, 2.45) is 0 Å². The van der Waals surface area contributed by atoms with Gasteiger partial charge in [-0.15, -0.1) is 0 Å². The number of sulfonamides is 1. The van der Waals surface area contributed by atoms with Crippen LogP contribution in [0.25, 0.3) is 0 Å². The minimum atomic E-state index is -8.05. The number of hydrogen-bond donors (Lipinski definition) is 2. The molecule has 20 heteroatoms. The highest BCUT2D eigenvalue weighted by Gasteiger charge is 2.90. The van der Waals surface area contributed by atoms with Gasteiger partial charge in [0.05, 0.1) is 12.3 Å². The third-order valence-electron chi connectivity index (χ3n) is 4.13. The van der Waals surface area contributed by atoms with Crippen LogP contribution in [0, 0.1) is 0 Å². The molecule has 0 saturated carbocycles. The lowest BCUT2D eigenvalue weighted by atomic mass is 9.93. The number of carbonyl (C=O) groups is 1. The fraction of sp³-hybridized carbons (Fsp3) is 0.929. The van der Waals surface area contributed by atoms with E-state index in [4.69, 9.17) is 5.11 Å². The molecule has 0 saturated heterocycles. The Kier molecular flexibility index (Phi) is 9.72. The monoisotopic (exact) mass is 556 g/mol. The van der Waals surface area contributed by atoms with Gasteiger partial charge in [-0.05, 0) is 20.0 Å². The lowest BCUT2D eigenvalue weighted by Crippen LogP contribution is -2.70. The number of aliphatic carboxylic acids is 1. The summed E-state index contributed by atoms with van der Waals surface area (Å²) in [6.07, 6.45) is -10.6. The van der Waals surface area contributed by atoms with E-state index in [1.165, 1.54) is 11.8 Å². The summed E-state index contributed by atoms with van der Waals surface area (Å²) in [5.74, 6) is -41.3. The lowest BCUT2D eigenvalue weighted by Gasteiger charge is -2.39. The van der Waals surface area contributed by atoms with Crippen LogP contribution in [0.4, 0.5) is 57.1 Å². The molecule has 34 heavy (non-hydrogen) atoms. The van der Waals surface area contributed by atoms with E-state index in [1.807, 2.05) is 0 Å². The first kappa shape index (κ1) is 32.4. The Morgan fingerprint density at radius 2 is 1.26 bits per heavy atom. The molecule has 0 amide bonds. The van der Waals surface area contributed by atoms with E-state index < -0.39 is 77.0 Å². The number of carboxylic acids is 1. The number of rotatable bonds is 14. The van der Waals surface area contributed by atoms with Crippen molar-refractivity contribution in [3.05, 3.63) is 0 Å². The molecular formula is C14H17F13N2O4S. The number of nitrogens with zero attached hydrogens (tertiary/aromatic N) is 1. The van der Waals surface area contributed by atoms with Gasteiger partial charge in [0.2, 0.25) is 10.0 Å². The molecule has 0 radical (unpaired) electrons. The van der Waals surface area contributed by atoms with E-state index in [9.17, 15) is 70.3 Å². The number of carboxylic acid groups (broad SMARTS) is 1. The average molecular weight is 556 g/mol. The van der Waals surface area contributed by atoms with Gasteiger partial charge in [-0.2, -0.15) is 57.1 Å². The van der Waals surface area contributed by atoms with Crippen LogP contribution in [-0.4, -0.2) is 92.6 Å². The van der Waals surface area contributed by atoms with Crippen molar-refractivity contribution in [3.63, 3.8) is 0 Å². The fourth-order valence-electron chi connectivity index (χ4n) is 2.18. The van der Waals surface area contributed by atoms with Crippen molar-refractivity contribution in [3.8, 4) is 0 Å². The van der Waals surface area contributed by atoms with Crippen LogP contribution < -0.4 is 4.72 Å². The molecule has 2 N–H and O–H groups in total. The number of nitrogens with one attached hydrogen (secondary N) is 1. The molecule has 0 unspecified atom stereocenters. The third-order valence-corrected chi connectivity index (χ3v) is 5.51. The van der Waals surface area contributed by atoms with Gasteiger partial charge in [0, 0.05) is 13.0 Å². The molecular weight excluding hydrogens is 539 g/mol. The van der Waals surface area contributed by atoms with Gasteiger partial charge < -0.3 is 5.11 Å². The summed E-state index contributed by atoms with van der Waals surface area (Å²) in [6.45, 7) is -1.18. The zero-order chi connectivity index (χ0) is 27.6. The standard InChI is InChI=1S/C14H17F13N2O4S/c1-29(7-8(30)31)5-2-4-28-34(32,33)6-3-9(15,16)10(17,18)11(19,20)12(21,22)13(23,24)14(25,26)27/h28H,2-7H2,1H3,(H,30,31). The number of halogens is 13. The Balaban J connectivity index is 5.43. The summed E-state index contributed by atoms with van der Waals surface area (Å²) in [5.41, 5.74) is 0. The summed E-state index contributed by atoms with van der Waals surface area (Å²) in [7, 11) is -3.71. The third kappa shape index (κ3) is 6.76. The molecule has 0 heterocycles. The van der Waals surface area contributed by atoms with Crippen LogP contribution >= 0.6 is 0 Å². The number of alkyl halides is 13. The summed E-state index contributed by atoms with van der Waals surface area (Å²) in [5, 5.41) is 8.49. The Morgan fingerprint density at radius 1 is 0.824 bits per heavy atom. The van der Waals surface area contributed by atoms with Gasteiger partial charge in [-0.3, -0.25) is 9.69 Å². The number of hydrogen-bond acceptors (Lipinski definition) is 4. The first-order valence-corrected chi connectivity index (χ1v) is 10.3. The summed E-state index contributed by atoms with van der Waals surface area (Å²) >= 11 is 0. The lowest BCUT2D eigenvalue weighted by molar-refractivity contribution is -0.439. The molecule has 0 aliphatic carbocycles. The summed E-state index contributed by atoms with van der Waals surface area (Å²) in [4.78, 5) is 11.6. The minimum absolute atomic E-state index is 0.0855. The first-order valence-electron chi connectivity index (χ1n) is 8.60. The zero-order valence-corrected chi connectivity index (χ0v) is 17.5. The van der Waals surface area contributed by atoms with E-state index in [1.54, 1.807) is 0 Å². The van der Waals surface area contributed by atoms with Gasteiger partial charge in [-0.25, -0.2) is 13.1 Å². The van der Waals surface area contributed by atoms with E-state index >= 15 is 0 Å². The molecule has 0 atom stereocenters.